The van der Waals surface area contributed by atoms with Crippen LogP contribution in [0.25, 0.3) is 6.08 Å². The van der Waals surface area contributed by atoms with Crippen LogP contribution in [0.3, 0.4) is 0 Å². The van der Waals surface area contributed by atoms with Crippen LogP contribution in [0.5, 0.6) is 0 Å². The molecule has 1 aromatic carbocycles. The number of benzene rings is 1. The van der Waals surface area contributed by atoms with Gasteiger partial charge in [0.1, 0.15) is 0 Å². The maximum atomic E-state index is 12.5. The average Bonchev–Trinajstić information content (AvgIpc) is 2.71. The fraction of sp³-hybridized carbons (Fsp3) is 0.455. The lowest BCUT2D eigenvalue weighted by molar-refractivity contribution is 0.236. The van der Waals surface area contributed by atoms with Gasteiger partial charge >= 0.3 is 0 Å². The van der Waals surface area contributed by atoms with Crippen LogP contribution in [0.2, 0.25) is 0 Å². The number of anilines is 1. The Morgan fingerprint density at radius 2 is 2.04 bits per heavy atom. The summed E-state index contributed by atoms with van der Waals surface area (Å²) >= 11 is 0. The summed E-state index contributed by atoms with van der Waals surface area (Å²) in [6.07, 6.45) is 8.48. The van der Waals surface area contributed by atoms with Crippen LogP contribution >= 0.6 is 0 Å². The lowest BCUT2D eigenvalue weighted by Crippen LogP contribution is -2.41. The molecular weight excluding hydrogens is 350 g/mol. The van der Waals surface area contributed by atoms with Crippen molar-refractivity contribution < 1.29 is 0 Å². The van der Waals surface area contributed by atoms with Gasteiger partial charge in [0.05, 0.1) is 0 Å². The number of aromatic nitrogens is 2. The second-order valence-corrected chi connectivity index (χ2v) is 7.51. The highest BCUT2D eigenvalue weighted by molar-refractivity contribution is 5.52. The predicted molar refractivity (Wildman–Crippen MR) is 115 cm³/mol. The smallest absolute Gasteiger partial charge is 0.293 e. The molecule has 1 aromatic heterocycles. The zero-order chi connectivity index (χ0) is 19.8. The third-order valence-electron chi connectivity index (χ3n) is 5.13. The van der Waals surface area contributed by atoms with Gasteiger partial charge in [0.15, 0.2) is 5.82 Å². The third-order valence-corrected chi connectivity index (χ3v) is 5.13. The molecule has 3 N–H and O–H groups in total. The predicted octanol–water partition coefficient (Wildman–Crippen LogP) is 2.57. The number of nitrogens with two attached hydrogens (primary N) is 1. The van der Waals surface area contributed by atoms with Crippen LogP contribution in [-0.2, 0) is 6.54 Å². The van der Waals surface area contributed by atoms with Crippen molar-refractivity contribution in [2.24, 2.45) is 5.73 Å². The van der Waals surface area contributed by atoms with Gasteiger partial charge in [-0.3, -0.25) is 9.69 Å². The van der Waals surface area contributed by atoms with Crippen LogP contribution < -0.4 is 16.6 Å². The molecule has 150 valence electrons. The Morgan fingerprint density at radius 1 is 1.29 bits per heavy atom. The van der Waals surface area contributed by atoms with Crippen molar-refractivity contribution in [3.8, 4) is 0 Å². The van der Waals surface area contributed by atoms with E-state index in [9.17, 15) is 4.79 Å². The van der Waals surface area contributed by atoms with E-state index in [1.54, 1.807) is 17.0 Å². The van der Waals surface area contributed by atoms with Crippen LogP contribution in [0.1, 0.15) is 31.7 Å². The monoisotopic (exact) mass is 381 g/mol. The van der Waals surface area contributed by atoms with Gasteiger partial charge in [-0.1, -0.05) is 42.0 Å². The summed E-state index contributed by atoms with van der Waals surface area (Å²) in [5.41, 5.74) is 8.11. The molecule has 0 amide bonds. The highest BCUT2D eigenvalue weighted by Gasteiger charge is 2.20. The molecule has 0 unspecified atom stereocenters. The fourth-order valence-electron chi connectivity index (χ4n) is 3.64. The number of likely N-dealkylation sites (tertiary alicyclic amines) is 1. The van der Waals surface area contributed by atoms with Crippen molar-refractivity contribution in [3.63, 3.8) is 0 Å². The van der Waals surface area contributed by atoms with Crippen molar-refractivity contribution >= 4 is 11.9 Å². The Bertz CT molecular complexity index is 822. The first-order valence-corrected chi connectivity index (χ1v) is 10.1. The Hall–Kier alpha value is -2.44. The molecule has 1 saturated heterocycles. The molecule has 0 radical (unpaired) electrons. The molecule has 2 heterocycles. The van der Waals surface area contributed by atoms with E-state index in [2.05, 4.69) is 52.5 Å². The Balaban J connectivity index is 1.51. The molecule has 0 saturated carbocycles. The summed E-state index contributed by atoms with van der Waals surface area (Å²) < 4.78 is 1.69. The van der Waals surface area contributed by atoms with Crippen molar-refractivity contribution in [1.82, 2.24) is 14.5 Å². The molecule has 6 heteroatoms. The van der Waals surface area contributed by atoms with E-state index in [0.29, 0.717) is 24.9 Å². The van der Waals surface area contributed by atoms with Gasteiger partial charge in [-0.15, -0.1) is 0 Å². The summed E-state index contributed by atoms with van der Waals surface area (Å²) in [6.45, 7) is 6.43. The van der Waals surface area contributed by atoms with Crippen molar-refractivity contribution in [2.45, 2.75) is 38.8 Å². The molecule has 6 nitrogen and oxygen atoms in total. The van der Waals surface area contributed by atoms with Gasteiger partial charge in [-0.25, -0.2) is 4.98 Å². The zero-order valence-corrected chi connectivity index (χ0v) is 16.7. The van der Waals surface area contributed by atoms with E-state index < -0.39 is 0 Å². The average molecular weight is 382 g/mol. The summed E-state index contributed by atoms with van der Waals surface area (Å²) in [5, 5.41) is 3.36. The first-order chi connectivity index (χ1) is 13.7. The topological polar surface area (TPSA) is 76.2 Å². The van der Waals surface area contributed by atoms with Gasteiger partial charge in [-0.05, 0) is 38.3 Å². The Kier molecular flexibility index (Phi) is 7.39. The van der Waals surface area contributed by atoms with Crippen molar-refractivity contribution in [2.75, 3.05) is 31.5 Å². The molecule has 1 aliphatic heterocycles. The lowest BCUT2D eigenvalue weighted by atomic mass is 10.0. The Morgan fingerprint density at radius 3 is 2.75 bits per heavy atom. The molecule has 0 spiro atoms. The normalized spacial score (nSPS) is 16.3. The minimum atomic E-state index is -0.0555. The molecule has 1 fully saturated rings. The number of aryl methyl sites for hydroxylation is 1. The number of nitrogens with zero attached hydrogens (tertiary/aromatic N) is 3. The number of piperidine rings is 1. The molecule has 28 heavy (non-hydrogen) atoms. The minimum Gasteiger partial charge on any atom is -0.363 e. The largest absolute Gasteiger partial charge is 0.363 e. The van der Waals surface area contributed by atoms with Gasteiger partial charge in [0.2, 0.25) is 0 Å². The summed E-state index contributed by atoms with van der Waals surface area (Å²) in [4.78, 5) is 19.2. The zero-order valence-electron chi connectivity index (χ0n) is 16.7. The molecule has 1 aliphatic rings. The highest BCUT2D eigenvalue weighted by atomic mass is 16.1. The Labute approximate surface area is 167 Å². The number of nitrogens with one attached hydrogen (secondary N) is 1. The SMILES string of the molecule is CC(=Cc1ccccc1)CN1CCC(Nc2nccn(CCCN)c2=O)CC1. The van der Waals surface area contributed by atoms with Crippen LogP contribution in [-0.4, -0.2) is 46.7 Å². The number of hydrogen-bond donors (Lipinski definition) is 2. The quantitative estimate of drug-likeness (QED) is 0.735. The van der Waals surface area contributed by atoms with Crippen molar-refractivity contribution in [3.05, 3.63) is 64.2 Å². The first-order valence-electron chi connectivity index (χ1n) is 10.1. The lowest BCUT2D eigenvalue weighted by Gasteiger charge is -2.32. The van der Waals surface area contributed by atoms with Crippen LogP contribution in [0, 0.1) is 0 Å². The second-order valence-electron chi connectivity index (χ2n) is 7.51. The number of rotatable bonds is 8. The number of hydrogen-bond acceptors (Lipinski definition) is 5. The van der Waals surface area contributed by atoms with E-state index in [0.717, 1.165) is 38.9 Å². The van der Waals surface area contributed by atoms with Gasteiger partial charge in [0.25, 0.3) is 5.56 Å². The molecule has 0 bridgehead atoms. The molecule has 3 rings (SSSR count). The van der Waals surface area contributed by atoms with Gasteiger partial charge < -0.3 is 15.6 Å². The minimum absolute atomic E-state index is 0.0555. The fourth-order valence-corrected chi connectivity index (χ4v) is 3.64. The van der Waals surface area contributed by atoms with Crippen LogP contribution in [0.4, 0.5) is 5.82 Å². The highest BCUT2D eigenvalue weighted by Crippen LogP contribution is 2.16. The van der Waals surface area contributed by atoms with E-state index in [-0.39, 0.29) is 5.56 Å². The van der Waals surface area contributed by atoms with E-state index >= 15 is 0 Å². The molecular formula is C22H31N5O. The van der Waals surface area contributed by atoms with E-state index in [4.69, 9.17) is 5.73 Å². The maximum absolute atomic E-state index is 12.5. The summed E-state index contributed by atoms with van der Waals surface area (Å²) in [7, 11) is 0. The summed E-state index contributed by atoms with van der Waals surface area (Å²) in [5.74, 6) is 0.457. The van der Waals surface area contributed by atoms with Gasteiger partial charge in [0, 0.05) is 44.6 Å². The van der Waals surface area contributed by atoms with Crippen molar-refractivity contribution in [1.29, 1.82) is 0 Å². The maximum Gasteiger partial charge on any atom is 0.293 e. The second kappa shape index (κ2) is 10.2. The standard InChI is InChI=1S/C22H31N5O/c1-18(16-19-6-3-2-4-7-19)17-26-13-8-20(9-14-26)25-21-22(28)27(12-5-10-23)15-11-24-21/h2-4,6-7,11,15-16,20H,5,8-10,12-14,17,23H2,1H3,(H,24,25). The van der Waals surface area contributed by atoms with E-state index in [1.807, 2.05) is 6.07 Å². The molecule has 2 aromatic rings. The first kappa shape index (κ1) is 20.3. The third kappa shape index (κ3) is 5.78. The molecule has 0 atom stereocenters. The molecule has 0 aliphatic carbocycles. The van der Waals surface area contributed by atoms with E-state index in [1.165, 1.54) is 11.1 Å². The van der Waals surface area contributed by atoms with Gasteiger partial charge in [-0.2, -0.15) is 0 Å². The summed E-state index contributed by atoms with van der Waals surface area (Å²) in [6, 6.07) is 10.7. The van der Waals surface area contributed by atoms with Crippen LogP contribution in [0.15, 0.2) is 53.1 Å².